The van der Waals surface area contributed by atoms with E-state index >= 15 is 0 Å². The number of anilines is 3. The molecule has 0 aliphatic carbocycles. The van der Waals surface area contributed by atoms with Crippen LogP contribution in [0.3, 0.4) is 0 Å². The largest absolute Gasteiger partial charge is 0.492 e. The molecule has 1 aliphatic rings. The number of fused-ring (bicyclic) bond motifs is 1. The van der Waals surface area contributed by atoms with E-state index in [0.29, 0.717) is 34.6 Å². The van der Waals surface area contributed by atoms with Crippen molar-refractivity contribution in [2.24, 2.45) is 0 Å². The SMILES string of the molecule is CCOC(=O)c1cnc2cc(OCC)c(N3CCCN(C)CC3)cc2c1Nc1cccc(F)c1C. The number of hydrogen-bond acceptors (Lipinski definition) is 7. The predicted molar refractivity (Wildman–Crippen MR) is 138 cm³/mol. The first-order chi connectivity index (χ1) is 16.9. The van der Waals surface area contributed by atoms with Gasteiger partial charge in [0.15, 0.2) is 0 Å². The lowest BCUT2D eigenvalue weighted by molar-refractivity contribution is 0.0527. The Hall–Kier alpha value is -3.39. The van der Waals surface area contributed by atoms with Crippen LogP contribution in [-0.2, 0) is 4.74 Å². The van der Waals surface area contributed by atoms with Crippen molar-refractivity contribution in [2.75, 3.05) is 56.7 Å². The number of likely N-dealkylation sites (N-methyl/N-ethyl adjacent to an activating group) is 1. The molecule has 2 heterocycles. The highest BCUT2D eigenvalue weighted by Gasteiger charge is 2.22. The van der Waals surface area contributed by atoms with Crippen LogP contribution in [0.4, 0.5) is 21.5 Å². The minimum Gasteiger partial charge on any atom is -0.492 e. The summed E-state index contributed by atoms with van der Waals surface area (Å²) in [7, 11) is 2.13. The molecule has 7 nitrogen and oxygen atoms in total. The van der Waals surface area contributed by atoms with Crippen LogP contribution in [0.25, 0.3) is 10.9 Å². The fraction of sp³-hybridized carbons (Fsp3) is 0.407. The number of pyridine rings is 1. The summed E-state index contributed by atoms with van der Waals surface area (Å²) in [5.74, 6) is -0.0434. The summed E-state index contributed by atoms with van der Waals surface area (Å²) in [6.07, 6.45) is 2.54. The number of carbonyl (C=O) groups excluding carboxylic acids is 1. The maximum atomic E-state index is 14.3. The molecule has 0 bridgehead atoms. The van der Waals surface area contributed by atoms with E-state index in [-0.39, 0.29) is 12.4 Å². The van der Waals surface area contributed by atoms with Gasteiger partial charge >= 0.3 is 5.97 Å². The Morgan fingerprint density at radius 2 is 1.97 bits per heavy atom. The molecule has 0 saturated carbocycles. The van der Waals surface area contributed by atoms with Crippen LogP contribution in [0.15, 0.2) is 36.5 Å². The zero-order valence-corrected chi connectivity index (χ0v) is 20.9. The van der Waals surface area contributed by atoms with E-state index in [1.807, 2.05) is 19.1 Å². The Morgan fingerprint density at radius 1 is 1.14 bits per heavy atom. The summed E-state index contributed by atoms with van der Waals surface area (Å²) in [4.78, 5) is 22.1. The van der Waals surface area contributed by atoms with Gasteiger partial charge in [0.1, 0.15) is 17.1 Å². The topological polar surface area (TPSA) is 66.9 Å². The van der Waals surface area contributed by atoms with E-state index in [9.17, 15) is 9.18 Å². The molecule has 1 saturated heterocycles. The third-order valence-electron chi connectivity index (χ3n) is 6.33. The van der Waals surface area contributed by atoms with Crippen molar-refractivity contribution in [2.45, 2.75) is 27.2 Å². The molecule has 2 aromatic carbocycles. The first kappa shape index (κ1) is 24.7. The van der Waals surface area contributed by atoms with Crippen molar-refractivity contribution in [3.63, 3.8) is 0 Å². The zero-order chi connectivity index (χ0) is 24.9. The molecular formula is C27H33FN4O3. The van der Waals surface area contributed by atoms with Gasteiger partial charge in [0, 0.05) is 48.5 Å². The van der Waals surface area contributed by atoms with Crippen LogP contribution in [0.1, 0.15) is 36.2 Å². The van der Waals surface area contributed by atoms with E-state index in [1.54, 1.807) is 26.0 Å². The highest BCUT2D eigenvalue weighted by Crippen LogP contribution is 2.39. The summed E-state index contributed by atoms with van der Waals surface area (Å²) in [5, 5.41) is 4.06. The van der Waals surface area contributed by atoms with Crippen LogP contribution < -0.4 is 15.0 Å². The third-order valence-corrected chi connectivity index (χ3v) is 6.33. The molecule has 3 aromatic rings. The average Bonchev–Trinajstić information content (AvgIpc) is 3.06. The number of hydrogen-bond donors (Lipinski definition) is 1. The monoisotopic (exact) mass is 480 g/mol. The van der Waals surface area contributed by atoms with Crippen LogP contribution in [0.2, 0.25) is 0 Å². The van der Waals surface area contributed by atoms with E-state index in [2.05, 4.69) is 27.1 Å². The van der Waals surface area contributed by atoms with Gasteiger partial charge < -0.3 is 24.6 Å². The number of nitrogens with one attached hydrogen (secondary N) is 1. The number of esters is 1. The number of aromatic nitrogens is 1. The molecule has 1 aromatic heterocycles. The van der Waals surface area contributed by atoms with Gasteiger partial charge in [-0.3, -0.25) is 4.98 Å². The Balaban J connectivity index is 1.91. The fourth-order valence-corrected chi connectivity index (χ4v) is 4.39. The van der Waals surface area contributed by atoms with Gasteiger partial charge in [0.2, 0.25) is 0 Å². The Labute approximate surface area is 205 Å². The van der Waals surface area contributed by atoms with Gasteiger partial charge in [0.25, 0.3) is 0 Å². The van der Waals surface area contributed by atoms with Gasteiger partial charge in [0.05, 0.1) is 30.1 Å². The molecule has 1 N–H and O–H groups in total. The van der Waals surface area contributed by atoms with Gasteiger partial charge in [-0.2, -0.15) is 0 Å². The van der Waals surface area contributed by atoms with Gasteiger partial charge in [-0.1, -0.05) is 6.07 Å². The fourth-order valence-electron chi connectivity index (χ4n) is 4.39. The maximum absolute atomic E-state index is 14.3. The summed E-state index contributed by atoms with van der Waals surface area (Å²) in [6.45, 7) is 9.93. The molecule has 186 valence electrons. The van der Waals surface area contributed by atoms with E-state index in [1.165, 1.54) is 12.3 Å². The summed E-state index contributed by atoms with van der Waals surface area (Å²) >= 11 is 0. The third kappa shape index (κ3) is 5.32. The Kier molecular flexibility index (Phi) is 7.70. The quantitative estimate of drug-likeness (QED) is 0.470. The number of benzene rings is 2. The molecule has 1 fully saturated rings. The normalized spacial score (nSPS) is 14.6. The first-order valence-corrected chi connectivity index (χ1v) is 12.1. The van der Waals surface area contributed by atoms with Crippen molar-refractivity contribution >= 4 is 33.9 Å². The number of nitrogens with zero attached hydrogens (tertiary/aromatic N) is 3. The molecular weight excluding hydrogens is 447 g/mol. The molecule has 1 aliphatic heterocycles. The molecule has 0 amide bonds. The number of ether oxygens (including phenoxy) is 2. The van der Waals surface area contributed by atoms with Crippen molar-refractivity contribution in [1.29, 1.82) is 0 Å². The van der Waals surface area contributed by atoms with Crippen molar-refractivity contribution < 1.29 is 18.7 Å². The van der Waals surface area contributed by atoms with E-state index in [0.717, 1.165) is 49.4 Å². The van der Waals surface area contributed by atoms with Gasteiger partial charge in [-0.25, -0.2) is 9.18 Å². The van der Waals surface area contributed by atoms with Crippen molar-refractivity contribution in [1.82, 2.24) is 9.88 Å². The maximum Gasteiger partial charge on any atom is 0.341 e. The van der Waals surface area contributed by atoms with Crippen LogP contribution in [0.5, 0.6) is 5.75 Å². The minimum atomic E-state index is -0.481. The Bertz CT molecular complexity index is 1220. The van der Waals surface area contributed by atoms with Crippen molar-refractivity contribution in [3.8, 4) is 5.75 Å². The summed E-state index contributed by atoms with van der Waals surface area (Å²) in [6, 6.07) is 8.80. The number of rotatable bonds is 7. The smallest absolute Gasteiger partial charge is 0.341 e. The minimum absolute atomic E-state index is 0.241. The molecule has 4 rings (SSSR count). The number of halogens is 1. The van der Waals surface area contributed by atoms with Crippen LogP contribution in [-0.4, -0.2) is 62.3 Å². The lowest BCUT2D eigenvalue weighted by Crippen LogP contribution is -2.29. The predicted octanol–water partition coefficient (Wildman–Crippen LogP) is 5.14. The van der Waals surface area contributed by atoms with Crippen molar-refractivity contribution in [3.05, 3.63) is 53.5 Å². The van der Waals surface area contributed by atoms with Crippen LogP contribution in [0, 0.1) is 12.7 Å². The summed E-state index contributed by atoms with van der Waals surface area (Å²) < 4.78 is 25.7. The van der Waals surface area contributed by atoms with E-state index in [4.69, 9.17) is 9.47 Å². The molecule has 35 heavy (non-hydrogen) atoms. The average molecular weight is 481 g/mol. The second kappa shape index (κ2) is 10.9. The second-order valence-corrected chi connectivity index (χ2v) is 8.72. The van der Waals surface area contributed by atoms with E-state index < -0.39 is 5.97 Å². The second-order valence-electron chi connectivity index (χ2n) is 8.72. The zero-order valence-electron chi connectivity index (χ0n) is 20.9. The van der Waals surface area contributed by atoms with Gasteiger partial charge in [-0.15, -0.1) is 0 Å². The van der Waals surface area contributed by atoms with Crippen LogP contribution >= 0.6 is 0 Å². The standard InChI is InChI=1S/C27H33FN4O3/c1-5-34-25-16-23-19(15-24(25)32-12-8-11-31(4)13-14-32)26(20(17-29-23)27(33)35-6-2)30-22-10-7-9-21(28)18(22)3/h7,9-10,15-17H,5-6,8,11-14H2,1-4H3,(H,29,30). The van der Waals surface area contributed by atoms with Gasteiger partial charge in [-0.05, 0) is 59.0 Å². The first-order valence-electron chi connectivity index (χ1n) is 12.1. The molecule has 0 unspecified atom stereocenters. The lowest BCUT2D eigenvalue weighted by atomic mass is 10.1. The highest BCUT2D eigenvalue weighted by atomic mass is 19.1. The molecule has 0 atom stereocenters. The lowest BCUT2D eigenvalue weighted by Gasteiger charge is -2.26. The number of carbonyl (C=O) groups is 1. The summed E-state index contributed by atoms with van der Waals surface area (Å²) in [5.41, 5.74) is 3.51. The molecule has 0 radical (unpaired) electrons. The Morgan fingerprint density at radius 3 is 2.74 bits per heavy atom. The highest BCUT2D eigenvalue weighted by molar-refractivity contribution is 6.07. The molecule has 0 spiro atoms. The molecule has 8 heteroatoms.